The number of aliphatic carboxylic acids is 1. The number of hydrogen-bond donors (Lipinski definition) is 5. The number of fused-ring (bicyclic) bond motifs is 2. The van der Waals surface area contributed by atoms with Gasteiger partial charge < -0.3 is 24.8 Å². The predicted octanol–water partition coefficient (Wildman–Crippen LogP) is 4.92. The van der Waals surface area contributed by atoms with Gasteiger partial charge in [-0.25, -0.2) is 36.5 Å². The third-order valence-corrected chi connectivity index (χ3v) is 14.7. The van der Waals surface area contributed by atoms with E-state index in [4.69, 9.17) is 14.7 Å². The van der Waals surface area contributed by atoms with E-state index in [0.717, 1.165) is 22.0 Å². The molecule has 22 heteroatoms. The molecule has 7 N–H and O–H groups in total. The monoisotopic (exact) mass is 1090 g/mol. The molecule has 0 bridgehead atoms. The number of carbonyl (C=O) groups is 6. The normalized spacial score (nSPS) is 11.8. The smallest absolute Gasteiger partial charge is 0.336 e. The van der Waals surface area contributed by atoms with E-state index in [-0.39, 0.29) is 89.4 Å². The number of carboxylic acids is 2. The molecule has 1 heterocycles. The number of ketones is 3. The van der Waals surface area contributed by atoms with Gasteiger partial charge in [-0.2, -0.15) is 0 Å². The van der Waals surface area contributed by atoms with E-state index in [1.807, 2.05) is 74.1 Å². The molecular weight excluding hydrogens is 1030 g/mol. The molecule has 1 aliphatic carbocycles. The molecule has 20 nitrogen and oxygen atoms in total. The minimum Gasteiger partial charge on any atom is -0.480 e. The van der Waals surface area contributed by atoms with Crippen LogP contribution in [0, 0.1) is 0 Å². The summed E-state index contributed by atoms with van der Waals surface area (Å²) in [5, 5.41) is 34.7. The van der Waals surface area contributed by atoms with Crippen LogP contribution >= 0.6 is 0 Å². The molecule has 1 amide bonds. The van der Waals surface area contributed by atoms with Gasteiger partial charge in [0.2, 0.25) is 31.3 Å². The lowest BCUT2D eigenvalue weighted by molar-refractivity contribution is -0.139. The predicted molar refractivity (Wildman–Crippen MR) is 292 cm³/mol. The maximum atomic E-state index is 13.5. The number of rotatable bonds is 28. The maximum absolute atomic E-state index is 13.5. The highest BCUT2D eigenvalue weighted by Crippen LogP contribution is 2.42. The van der Waals surface area contributed by atoms with E-state index >= 15 is 0 Å². The Morgan fingerprint density at radius 3 is 1.82 bits per heavy atom. The Morgan fingerprint density at radius 1 is 0.636 bits per heavy atom. The fraction of sp³-hybridized carbons (Fsp3) is 0.327. The molecule has 6 rings (SSSR count). The van der Waals surface area contributed by atoms with Gasteiger partial charge in [-0.1, -0.05) is 43.5 Å². The molecule has 1 aliphatic heterocycles. The van der Waals surface area contributed by atoms with E-state index < -0.39 is 51.0 Å². The molecule has 0 saturated heterocycles. The van der Waals surface area contributed by atoms with Gasteiger partial charge in [0.15, 0.2) is 11.6 Å². The first-order valence-electron chi connectivity index (χ1n) is 24.7. The van der Waals surface area contributed by atoms with E-state index in [0.29, 0.717) is 60.1 Å². The number of sulfonamides is 2. The number of benzene rings is 5. The van der Waals surface area contributed by atoms with Gasteiger partial charge in [0.1, 0.15) is 31.2 Å². The molecule has 4 aromatic carbocycles. The Hall–Kier alpha value is -7.47. The standard InChI is InChI=1S/C55H63N7O13S2/c1-59(2)39-17-24-46-50(30-39)75-51-31-40(60(3)4)18-25-47(51)54(46)45-23-14-37(29-48(45)55(69)70)49(65)11-9-7-5-6-8-10-41(63)32-61(33-42(64)28-36-12-19-43(20-13-36)76(56,71)72)26-27-62(35-53(67)68)34-52(66)58-38-15-21-44(22-16-38)77(57,73)74/h12-25,29-31H,5-11,26-28,32-35H2,1-4H3,(H6-,56,57,58,66,67,68,69,70,71,72,73,74)/p+1. The largest absolute Gasteiger partial charge is 0.480 e. The number of anilines is 2. The van der Waals surface area contributed by atoms with Gasteiger partial charge in [-0.05, 0) is 84.6 Å². The van der Waals surface area contributed by atoms with Gasteiger partial charge >= 0.3 is 11.9 Å². The number of hydrogen-bond acceptors (Lipinski definition) is 14. The quantitative estimate of drug-likeness (QED) is 0.0189. The Morgan fingerprint density at radius 2 is 1.22 bits per heavy atom. The third-order valence-electron chi connectivity index (χ3n) is 12.8. The summed E-state index contributed by atoms with van der Waals surface area (Å²) in [7, 11) is -0.251. The van der Waals surface area contributed by atoms with Crippen LogP contribution in [0.2, 0.25) is 0 Å². The number of unbranched alkanes of at least 4 members (excludes halogenated alkanes) is 4. The van der Waals surface area contributed by atoms with Gasteiger partial charge in [0, 0.05) is 92.0 Å². The highest BCUT2D eigenvalue weighted by molar-refractivity contribution is 7.89. The van der Waals surface area contributed by atoms with Gasteiger partial charge in [0.25, 0.3) is 0 Å². The zero-order chi connectivity index (χ0) is 56.2. The SMILES string of the molecule is CN(C)c1ccc2c(-c3ccc(C(=O)CCCCCCCC(=O)CN(CCN(CC(=O)O)CC(=O)Nc4ccc(S(N)(=O)=O)cc4)CC(=O)Cc4ccc(S(N)(=O)=O)cc4)cc3C(=O)O)c3ccc(=[N+](C)C)cc-3oc2c1. The van der Waals surface area contributed by atoms with Crippen molar-refractivity contribution in [2.45, 2.75) is 61.2 Å². The summed E-state index contributed by atoms with van der Waals surface area (Å²) in [5.74, 6) is -3.14. The lowest BCUT2D eigenvalue weighted by Crippen LogP contribution is -2.44. The summed E-state index contributed by atoms with van der Waals surface area (Å²) in [4.78, 5) is 82.6. The summed E-state index contributed by atoms with van der Waals surface area (Å²) in [6, 6.07) is 26.9. The highest BCUT2D eigenvalue weighted by Gasteiger charge is 2.25. The number of carbonyl (C=O) groups excluding carboxylic acids is 4. The van der Waals surface area contributed by atoms with Crippen molar-refractivity contribution in [1.82, 2.24) is 14.4 Å². The van der Waals surface area contributed by atoms with Crippen molar-refractivity contribution in [2.75, 3.05) is 77.7 Å². The van der Waals surface area contributed by atoms with Crippen LogP contribution < -0.4 is 30.4 Å². The second-order valence-electron chi connectivity index (χ2n) is 19.3. The molecule has 0 spiro atoms. The topological polar surface area (TPSA) is 301 Å². The van der Waals surface area contributed by atoms with Crippen molar-refractivity contribution in [1.29, 1.82) is 0 Å². The van der Waals surface area contributed by atoms with Crippen molar-refractivity contribution >= 4 is 77.6 Å². The summed E-state index contributed by atoms with van der Waals surface area (Å²) in [6.45, 7) is -1.35. The number of nitrogens with zero attached hydrogens (tertiary/aromatic N) is 4. The van der Waals surface area contributed by atoms with Crippen molar-refractivity contribution < 1.29 is 60.2 Å². The first kappa shape index (κ1) is 58.8. The number of aromatic carboxylic acids is 1. The number of nitrogens with one attached hydrogen (secondary N) is 1. The van der Waals surface area contributed by atoms with E-state index in [1.165, 1.54) is 59.5 Å². The molecule has 77 heavy (non-hydrogen) atoms. The van der Waals surface area contributed by atoms with Crippen LogP contribution in [0.3, 0.4) is 0 Å². The molecule has 0 aromatic heterocycles. The van der Waals surface area contributed by atoms with Gasteiger partial charge in [0.05, 0.1) is 47.6 Å². The maximum Gasteiger partial charge on any atom is 0.336 e. The van der Waals surface area contributed by atoms with Crippen LogP contribution in [0.15, 0.2) is 117 Å². The van der Waals surface area contributed by atoms with Crippen LogP contribution in [-0.4, -0.2) is 140 Å². The lowest BCUT2D eigenvalue weighted by Gasteiger charge is -2.26. The fourth-order valence-corrected chi connectivity index (χ4v) is 9.83. The zero-order valence-corrected chi connectivity index (χ0v) is 45.0. The van der Waals surface area contributed by atoms with Crippen molar-refractivity contribution in [3.63, 3.8) is 0 Å². The first-order chi connectivity index (χ1) is 36.4. The molecule has 2 aliphatic rings. The van der Waals surface area contributed by atoms with Gasteiger partial charge in [-0.3, -0.25) is 33.8 Å². The summed E-state index contributed by atoms with van der Waals surface area (Å²) >= 11 is 0. The Kier molecular flexibility index (Phi) is 19.9. The highest BCUT2D eigenvalue weighted by atomic mass is 32.2. The molecule has 0 unspecified atom stereocenters. The summed E-state index contributed by atoms with van der Waals surface area (Å²) in [5.41, 5.74) is 4.33. The van der Waals surface area contributed by atoms with Crippen LogP contribution in [0.4, 0.5) is 11.4 Å². The molecule has 0 atom stereocenters. The van der Waals surface area contributed by atoms with Crippen LogP contribution in [0.25, 0.3) is 33.4 Å². The number of amides is 1. The number of carboxylic acid groups (broad SMARTS) is 2. The Labute approximate surface area is 447 Å². The van der Waals surface area contributed by atoms with Crippen molar-refractivity contribution in [3.05, 3.63) is 125 Å². The minimum atomic E-state index is -3.97. The lowest BCUT2D eigenvalue weighted by atomic mass is 9.89. The molecule has 408 valence electrons. The zero-order valence-electron chi connectivity index (χ0n) is 43.4. The van der Waals surface area contributed by atoms with Crippen molar-refractivity contribution in [3.8, 4) is 22.5 Å². The number of nitrogens with two attached hydrogens (primary N) is 2. The molecular formula is C55H64N7O13S2+. The summed E-state index contributed by atoms with van der Waals surface area (Å²) in [6.07, 6.45) is 3.33. The average molecular weight is 1100 g/mol. The van der Waals surface area contributed by atoms with Crippen LogP contribution in [0.5, 0.6) is 0 Å². The Bertz CT molecular complexity index is 3450. The molecule has 0 radical (unpaired) electrons. The summed E-state index contributed by atoms with van der Waals surface area (Å²) < 4.78 is 55.1. The molecule has 4 aromatic rings. The minimum absolute atomic E-state index is 0.0160. The van der Waals surface area contributed by atoms with Crippen LogP contribution in [0.1, 0.15) is 71.2 Å². The van der Waals surface area contributed by atoms with E-state index in [9.17, 15) is 55.8 Å². The molecule has 0 fully saturated rings. The molecule has 0 saturated carbocycles. The second-order valence-corrected chi connectivity index (χ2v) is 22.4. The van der Waals surface area contributed by atoms with E-state index in [1.54, 1.807) is 17.0 Å². The van der Waals surface area contributed by atoms with Crippen LogP contribution in [-0.2, 0) is 45.6 Å². The number of primary sulfonamides is 2. The third kappa shape index (κ3) is 16.8. The number of Topliss-reactive ketones (excluding diaryl/α,β-unsaturated/α-hetero) is 3. The Balaban J connectivity index is 1.05. The average Bonchev–Trinajstić information content (AvgIpc) is 3.39. The first-order valence-corrected chi connectivity index (χ1v) is 27.8. The fourth-order valence-electron chi connectivity index (χ4n) is 8.80. The second kappa shape index (κ2) is 26.1. The van der Waals surface area contributed by atoms with E-state index in [2.05, 4.69) is 5.32 Å². The van der Waals surface area contributed by atoms with Crippen molar-refractivity contribution in [2.24, 2.45) is 10.3 Å². The van der Waals surface area contributed by atoms with Gasteiger partial charge in [-0.15, -0.1) is 0 Å².